The highest BCUT2D eigenvalue weighted by Crippen LogP contribution is 2.07. The number of hydrogen-bond donors (Lipinski definition) is 2. The summed E-state index contributed by atoms with van der Waals surface area (Å²) >= 11 is 0. The predicted molar refractivity (Wildman–Crippen MR) is 65.6 cm³/mol. The average Bonchev–Trinajstić information content (AvgIpc) is 2.69. The van der Waals surface area contributed by atoms with Gasteiger partial charge in [0, 0.05) is 7.05 Å². The molecule has 0 saturated carbocycles. The van der Waals surface area contributed by atoms with Crippen LogP contribution in [0.2, 0.25) is 0 Å². The van der Waals surface area contributed by atoms with Gasteiger partial charge in [-0.3, -0.25) is 4.79 Å². The third kappa shape index (κ3) is 5.04. The molecule has 0 aromatic carbocycles. The number of carboxylic acid groups (broad SMARTS) is 1. The van der Waals surface area contributed by atoms with Crippen LogP contribution in [0.25, 0.3) is 0 Å². The number of ether oxygens (including phenoxy) is 1. The number of hydrogen-bond acceptors (Lipinski definition) is 5. The molecule has 0 spiro atoms. The summed E-state index contributed by atoms with van der Waals surface area (Å²) < 4.78 is 5.36. The standard InChI is InChI=1S/C11H18N4O4/c1-11(2,3)19-6-8(10(17)18)13-9(16)7-5-12-15(4)14-7/h5,8H,6H2,1-4H3,(H,13,16)(H,17,18)/t8-/m0/s1. The van der Waals surface area contributed by atoms with Crippen LogP contribution in [-0.2, 0) is 16.6 Å². The fourth-order valence-corrected chi connectivity index (χ4v) is 1.19. The van der Waals surface area contributed by atoms with Crippen molar-refractivity contribution in [3.05, 3.63) is 11.9 Å². The van der Waals surface area contributed by atoms with Crippen molar-refractivity contribution in [1.82, 2.24) is 20.3 Å². The van der Waals surface area contributed by atoms with Crippen LogP contribution in [0.3, 0.4) is 0 Å². The molecule has 2 N–H and O–H groups in total. The summed E-state index contributed by atoms with van der Waals surface area (Å²) in [6, 6.07) is -1.13. The maximum Gasteiger partial charge on any atom is 0.328 e. The molecule has 1 aromatic rings. The van der Waals surface area contributed by atoms with Gasteiger partial charge in [-0.25, -0.2) is 4.79 Å². The highest BCUT2D eigenvalue weighted by Gasteiger charge is 2.24. The van der Waals surface area contributed by atoms with Crippen LogP contribution in [0.5, 0.6) is 0 Å². The van der Waals surface area contributed by atoms with Crippen molar-refractivity contribution in [2.75, 3.05) is 6.61 Å². The Hall–Kier alpha value is -1.96. The van der Waals surface area contributed by atoms with Gasteiger partial charge >= 0.3 is 5.97 Å². The number of nitrogens with one attached hydrogen (secondary N) is 1. The number of nitrogens with zero attached hydrogens (tertiary/aromatic N) is 3. The molecule has 1 aromatic heterocycles. The van der Waals surface area contributed by atoms with E-state index in [-0.39, 0.29) is 12.3 Å². The second kappa shape index (κ2) is 5.79. The largest absolute Gasteiger partial charge is 0.480 e. The van der Waals surface area contributed by atoms with Crippen LogP contribution in [0.15, 0.2) is 6.20 Å². The van der Waals surface area contributed by atoms with Crippen LogP contribution < -0.4 is 5.32 Å². The Kier molecular flexibility index (Phi) is 4.60. The van der Waals surface area contributed by atoms with E-state index in [0.717, 1.165) is 0 Å². The minimum atomic E-state index is -1.17. The number of amides is 1. The maximum absolute atomic E-state index is 11.8. The Balaban J connectivity index is 2.63. The fraction of sp³-hybridized carbons (Fsp3) is 0.636. The normalized spacial score (nSPS) is 13.1. The molecule has 1 rings (SSSR count). The average molecular weight is 270 g/mol. The molecule has 1 amide bonds. The molecule has 1 heterocycles. The number of rotatable bonds is 5. The first-order valence-electron chi connectivity index (χ1n) is 5.73. The first-order valence-corrected chi connectivity index (χ1v) is 5.73. The van der Waals surface area contributed by atoms with Crippen molar-refractivity contribution in [2.24, 2.45) is 7.05 Å². The van der Waals surface area contributed by atoms with Gasteiger partial charge in [0.1, 0.15) is 0 Å². The lowest BCUT2D eigenvalue weighted by Gasteiger charge is -2.22. The Morgan fingerprint density at radius 2 is 2.16 bits per heavy atom. The predicted octanol–water partition coefficient (Wildman–Crippen LogP) is -0.187. The fourth-order valence-electron chi connectivity index (χ4n) is 1.19. The number of aliphatic carboxylic acids is 1. The number of carboxylic acids is 1. The van der Waals surface area contributed by atoms with E-state index in [0.29, 0.717) is 0 Å². The van der Waals surface area contributed by atoms with E-state index >= 15 is 0 Å². The Bertz CT molecular complexity index is 464. The molecule has 0 unspecified atom stereocenters. The van der Waals surface area contributed by atoms with E-state index in [9.17, 15) is 9.59 Å². The minimum absolute atomic E-state index is 0.0597. The Morgan fingerprint density at radius 1 is 1.53 bits per heavy atom. The van der Waals surface area contributed by atoms with Crippen LogP contribution in [0.4, 0.5) is 0 Å². The van der Waals surface area contributed by atoms with Crippen LogP contribution in [0, 0.1) is 0 Å². The van der Waals surface area contributed by atoms with Gasteiger partial charge in [-0.1, -0.05) is 0 Å². The first kappa shape index (κ1) is 15.1. The van der Waals surface area contributed by atoms with Gasteiger partial charge in [0.05, 0.1) is 18.4 Å². The van der Waals surface area contributed by atoms with E-state index in [1.54, 1.807) is 27.8 Å². The van der Waals surface area contributed by atoms with Gasteiger partial charge in [-0.2, -0.15) is 9.90 Å². The molecule has 19 heavy (non-hydrogen) atoms. The molecule has 0 aliphatic rings. The summed E-state index contributed by atoms with van der Waals surface area (Å²) in [6.45, 7) is 5.29. The van der Waals surface area contributed by atoms with Crippen LogP contribution in [0.1, 0.15) is 31.3 Å². The van der Waals surface area contributed by atoms with E-state index in [4.69, 9.17) is 9.84 Å². The highest BCUT2D eigenvalue weighted by atomic mass is 16.5. The number of aryl methyl sites for hydroxylation is 1. The maximum atomic E-state index is 11.8. The Morgan fingerprint density at radius 3 is 2.58 bits per heavy atom. The van der Waals surface area contributed by atoms with Crippen LogP contribution >= 0.6 is 0 Å². The summed E-state index contributed by atoms with van der Waals surface area (Å²) in [5.74, 6) is -1.76. The van der Waals surface area contributed by atoms with Crippen molar-refractivity contribution in [1.29, 1.82) is 0 Å². The number of aromatic nitrogens is 3. The van der Waals surface area contributed by atoms with E-state index in [1.165, 1.54) is 11.0 Å². The second-order valence-corrected chi connectivity index (χ2v) is 5.01. The van der Waals surface area contributed by atoms with Gasteiger partial charge in [0.25, 0.3) is 5.91 Å². The first-order chi connectivity index (χ1) is 8.69. The lowest BCUT2D eigenvalue weighted by Crippen LogP contribution is -2.45. The highest BCUT2D eigenvalue weighted by molar-refractivity contribution is 5.94. The molecule has 0 fully saturated rings. The summed E-state index contributed by atoms with van der Waals surface area (Å²) in [5, 5.41) is 18.9. The summed E-state index contributed by atoms with van der Waals surface area (Å²) in [7, 11) is 1.56. The van der Waals surface area contributed by atoms with Gasteiger partial charge in [0.15, 0.2) is 11.7 Å². The third-order valence-corrected chi connectivity index (χ3v) is 2.12. The molecular weight excluding hydrogens is 252 g/mol. The quantitative estimate of drug-likeness (QED) is 0.768. The SMILES string of the molecule is Cn1ncc(C(=O)N[C@@H](COC(C)(C)C)C(=O)O)n1. The molecule has 106 valence electrons. The molecule has 1 atom stereocenters. The summed E-state index contributed by atoms with van der Waals surface area (Å²) in [6.07, 6.45) is 1.26. The summed E-state index contributed by atoms with van der Waals surface area (Å²) in [4.78, 5) is 24.0. The second-order valence-electron chi connectivity index (χ2n) is 5.01. The van der Waals surface area contributed by atoms with Crippen molar-refractivity contribution < 1.29 is 19.4 Å². The molecule has 8 nitrogen and oxygen atoms in total. The number of carbonyl (C=O) groups is 2. The van der Waals surface area contributed by atoms with E-state index in [2.05, 4.69) is 15.5 Å². The molecule has 0 bridgehead atoms. The molecule has 0 saturated heterocycles. The van der Waals surface area contributed by atoms with Gasteiger partial charge in [-0.05, 0) is 20.8 Å². The van der Waals surface area contributed by atoms with Gasteiger partial charge in [-0.15, -0.1) is 5.10 Å². The molecule has 8 heteroatoms. The summed E-state index contributed by atoms with van der Waals surface area (Å²) in [5.41, 5.74) is -0.421. The molecule has 0 aliphatic heterocycles. The van der Waals surface area contributed by atoms with Crippen molar-refractivity contribution >= 4 is 11.9 Å². The van der Waals surface area contributed by atoms with E-state index < -0.39 is 23.5 Å². The minimum Gasteiger partial charge on any atom is -0.480 e. The zero-order chi connectivity index (χ0) is 14.6. The zero-order valence-electron chi connectivity index (χ0n) is 11.4. The molecule has 0 aliphatic carbocycles. The lowest BCUT2D eigenvalue weighted by atomic mass is 10.2. The molecular formula is C11H18N4O4. The lowest BCUT2D eigenvalue weighted by molar-refractivity contribution is -0.142. The zero-order valence-corrected chi connectivity index (χ0v) is 11.4. The smallest absolute Gasteiger partial charge is 0.328 e. The Labute approximate surface area is 110 Å². The monoisotopic (exact) mass is 270 g/mol. The van der Waals surface area contributed by atoms with Crippen molar-refractivity contribution in [3.63, 3.8) is 0 Å². The van der Waals surface area contributed by atoms with Crippen molar-refractivity contribution in [3.8, 4) is 0 Å². The molecule has 0 radical (unpaired) electrons. The van der Waals surface area contributed by atoms with Crippen molar-refractivity contribution in [2.45, 2.75) is 32.4 Å². The topological polar surface area (TPSA) is 106 Å². The van der Waals surface area contributed by atoms with Crippen LogP contribution in [-0.4, -0.2) is 50.2 Å². The number of carbonyl (C=O) groups excluding carboxylic acids is 1. The van der Waals surface area contributed by atoms with Gasteiger partial charge in [0.2, 0.25) is 0 Å². The third-order valence-electron chi connectivity index (χ3n) is 2.12. The van der Waals surface area contributed by atoms with Gasteiger partial charge < -0.3 is 15.2 Å². The van der Waals surface area contributed by atoms with E-state index in [1.807, 2.05) is 0 Å².